The quantitative estimate of drug-likeness (QED) is 0.885. The molecule has 2 N–H and O–H groups in total. The van der Waals surface area contributed by atoms with Crippen molar-refractivity contribution in [1.82, 2.24) is 4.90 Å². The van der Waals surface area contributed by atoms with Gasteiger partial charge in [0.05, 0.1) is 0 Å². The number of hydrogen-bond acceptors (Lipinski definition) is 2. The molecule has 2 aliphatic rings. The summed E-state index contributed by atoms with van der Waals surface area (Å²) in [6.07, 6.45) is 6.37. The first-order chi connectivity index (χ1) is 8.78. The minimum atomic E-state index is 0.618. The van der Waals surface area contributed by atoms with Crippen LogP contribution < -0.4 is 5.73 Å². The van der Waals surface area contributed by atoms with Crippen LogP contribution in [0.25, 0.3) is 0 Å². The summed E-state index contributed by atoms with van der Waals surface area (Å²) < 4.78 is 0. The van der Waals surface area contributed by atoms with E-state index in [2.05, 4.69) is 30.1 Å². The lowest BCUT2D eigenvalue weighted by molar-refractivity contribution is 0.312. The molecule has 1 aromatic rings. The molecule has 0 saturated carbocycles. The Morgan fingerprint density at radius 3 is 2.94 bits per heavy atom. The van der Waals surface area contributed by atoms with Gasteiger partial charge in [-0.1, -0.05) is 18.2 Å². The summed E-state index contributed by atoms with van der Waals surface area (Å²) in [6.45, 7) is 2.04. The average Bonchev–Trinajstić information content (AvgIpc) is 2.95. The zero-order chi connectivity index (χ0) is 12.5. The van der Waals surface area contributed by atoms with E-state index in [9.17, 15) is 0 Å². The largest absolute Gasteiger partial charge is 0.330 e. The van der Waals surface area contributed by atoms with Crippen LogP contribution in [0.4, 0.5) is 0 Å². The van der Waals surface area contributed by atoms with E-state index in [4.69, 9.17) is 5.73 Å². The minimum absolute atomic E-state index is 0.618. The van der Waals surface area contributed by atoms with E-state index < -0.39 is 0 Å². The Morgan fingerprint density at radius 1 is 1.28 bits per heavy atom. The SMILES string of the molecule is CN1CC(CCN)CC1c1ccc2c(c1)CCC2. The van der Waals surface area contributed by atoms with Gasteiger partial charge in [-0.15, -0.1) is 0 Å². The molecule has 0 bridgehead atoms. The third kappa shape index (κ3) is 2.19. The molecule has 0 aromatic heterocycles. The molecule has 0 spiro atoms. The Hall–Kier alpha value is -0.860. The smallest absolute Gasteiger partial charge is 0.0348 e. The molecule has 1 aliphatic carbocycles. The number of benzene rings is 1. The Labute approximate surface area is 110 Å². The van der Waals surface area contributed by atoms with Crippen LogP contribution in [-0.2, 0) is 12.8 Å². The predicted molar refractivity (Wildman–Crippen MR) is 75.6 cm³/mol. The fourth-order valence-electron chi connectivity index (χ4n) is 3.74. The summed E-state index contributed by atoms with van der Waals surface area (Å²) in [5.41, 5.74) is 10.4. The van der Waals surface area contributed by atoms with Gasteiger partial charge in [0.25, 0.3) is 0 Å². The Bertz CT molecular complexity index is 427. The van der Waals surface area contributed by atoms with E-state index in [1.807, 2.05) is 0 Å². The van der Waals surface area contributed by atoms with E-state index in [-0.39, 0.29) is 0 Å². The fourth-order valence-corrected chi connectivity index (χ4v) is 3.74. The number of nitrogens with zero attached hydrogens (tertiary/aromatic N) is 1. The maximum atomic E-state index is 5.69. The van der Waals surface area contributed by atoms with Crippen LogP contribution in [0, 0.1) is 5.92 Å². The highest BCUT2D eigenvalue weighted by Crippen LogP contribution is 2.37. The van der Waals surface area contributed by atoms with E-state index >= 15 is 0 Å². The Morgan fingerprint density at radius 2 is 2.11 bits per heavy atom. The third-order valence-electron chi connectivity index (χ3n) is 4.72. The zero-order valence-electron chi connectivity index (χ0n) is 11.4. The molecule has 2 heteroatoms. The standard InChI is InChI=1S/C16H24N2/c1-18-11-12(7-8-17)9-16(18)15-6-5-13-3-2-4-14(13)10-15/h5-6,10,12,16H,2-4,7-9,11,17H2,1H3. The monoisotopic (exact) mass is 244 g/mol. The average molecular weight is 244 g/mol. The van der Waals surface area contributed by atoms with Gasteiger partial charge in [0.2, 0.25) is 0 Å². The zero-order valence-corrected chi connectivity index (χ0v) is 11.4. The van der Waals surface area contributed by atoms with Gasteiger partial charge >= 0.3 is 0 Å². The highest BCUT2D eigenvalue weighted by atomic mass is 15.2. The van der Waals surface area contributed by atoms with Crippen LogP contribution in [0.5, 0.6) is 0 Å². The van der Waals surface area contributed by atoms with Gasteiger partial charge in [-0.3, -0.25) is 4.90 Å². The van der Waals surface area contributed by atoms with Gasteiger partial charge in [0.1, 0.15) is 0 Å². The van der Waals surface area contributed by atoms with Crippen molar-refractivity contribution in [3.05, 3.63) is 34.9 Å². The first-order valence-electron chi connectivity index (χ1n) is 7.30. The molecule has 1 fully saturated rings. The van der Waals surface area contributed by atoms with E-state index in [1.165, 1.54) is 44.2 Å². The lowest BCUT2D eigenvalue weighted by Crippen LogP contribution is -2.19. The van der Waals surface area contributed by atoms with Gasteiger partial charge in [-0.05, 0) is 68.3 Å². The molecule has 1 heterocycles. The summed E-state index contributed by atoms with van der Waals surface area (Å²) in [5.74, 6) is 0.790. The molecule has 0 amide bonds. The minimum Gasteiger partial charge on any atom is -0.330 e. The lowest BCUT2D eigenvalue weighted by Gasteiger charge is -2.20. The van der Waals surface area contributed by atoms with E-state index in [1.54, 1.807) is 11.1 Å². The summed E-state index contributed by atoms with van der Waals surface area (Å²) in [4.78, 5) is 2.51. The van der Waals surface area contributed by atoms with Crippen LogP contribution in [0.1, 0.15) is 42.0 Å². The van der Waals surface area contributed by atoms with Gasteiger partial charge in [0.15, 0.2) is 0 Å². The second-order valence-corrected chi connectivity index (χ2v) is 6.02. The van der Waals surface area contributed by atoms with Crippen molar-refractivity contribution in [2.24, 2.45) is 11.7 Å². The Kier molecular flexibility index (Phi) is 3.40. The number of fused-ring (bicyclic) bond motifs is 1. The van der Waals surface area contributed by atoms with Crippen molar-refractivity contribution in [1.29, 1.82) is 0 Å². The van der Waals surface area contributed by atoms with Crippen molar-refractivity contribution >= 4 is 0 Å². The van der Waals surface area contributed by atoms with Crippen molar-refractivity contribution < 1.29 is 0 Å². The first kappa shape index (κ1) is 12.2. The molecule has 0 radical (unpaired) electrons. The number of nitrogens with two attached hydrogens (primary N) is 1. The molecular formula is C16H24N2. The van der Waals surface area contributed by atoms with Crippen molar-refractivity contribution in [3.63, 3.8) is 0 Å². The molecule has 1 aliphatic heterocycles. The van der Waals surface area contributed by atoms with E-state index in [0.717, 1.165) is 12.5 Å². The molecule has 2 nitrogen and oxygen atoms in total. The van der Waals surface area contributed by atoms with E-state index in [0.29, 0.717) is 6.04 Å². The Balaban J connectivity index is 1.78. The highest BCUT2D eigenvalue weighted by molar-refractivity contribution is 5.36. The molecule has 98 valence electrons. The third-order valence-corrected chi connectivity index (χ3v) is 4.72. The number of hydrogen-bond donors (Lipinski definition) is 1. The molecule has 3 rings (SSSR count). The number of rotatable bonds is 3. The van der Waals surface area contributed by atoms with Crippen molar-refractivity contribution in [3.8, 4) is 0 Å². The number of likely N-dealkylation sites (tertiary alicyclic amines) is 1. The molecule has 2 atom stereocenters. The summed E-state index contributed by atoms with van der Waals surface area (Å²) in [6, 6.07) is 7.80. The van der Waals surface area contributed by atoms with Gasteiger partial charge < -0.3 is 5.73 Å². The highest BCUT2D eigenvalue weighted by Gasteiger charge is 2.30. The van der Waals surface area contributed by atoms with Gasteiger partial charge in [0, 0.05) is 12.6 Å². The van der Waals surface area contributed by atoms with Crippen LogP contribution in [0.2, 0.25) is 0 Å². The van der Waals surface area contributed by atoms with Crippen LogP contribution in [0.3, 0.4) is 0 Å². The fraction of sp³-hybridized carbons (Fsp3) is 0.625. The topological polar surface area (TPSA) is 29.3 Å². The van der Waals surface area contributed by atoms with Crippen molar-refractivity contribution in [2.45, 2.75) is 38.1 Å². The second-order valence-electron chi connectivity index (χ2n) is 6.02. The summed E-state index contributed by atoms with van der Waals surface area (Å²) >= 11 is 0. The summed E-state index contributed by atoms with van der Waals surface area (Å²) in [7, 11) is 2.26. The molecule has 18 heavy (non-hydrogen) atoms. The van der Waals surface area contributed by atoms with Crippen LogP contribution in [0.15, 0.2) is 18.2 Å². The maximum absolute atomic E-state index is 5.69. The van der Waals surface area contributed by atoms with Crippen LogP contribution >= 0.6 is 0 Å². The van der Waals surface area contributed by atoms with Gasteiger partial charge in [-0.25, -0.2) is 0 Å². The maximum Gasteiger partial charge on any atom is 0.0348 e. The van der Waals surface area contributed by atoms with Crippen LogP contribution in [-0.4, -0.2) is 25.0 Å². The summed E-state index contributed by atoms with van der Waals surface area (Å²) in [5, 5.41) is 0. The lowest BCUT2D eigenvalue weighted by atomic mass is 9.95. The molecule has 2 unspecified atom stereocenters. The molecular weight excluding hydrogens is 220 g/mol. The van der Waals surface area contributed by atoms with Gasteiger partial charge in [-0.2, -0.15) is 0 Å². The second kappa shape index (κ2) is 5.02. The first-order valence-corrected chi connectivity index (χ1v) is 7.30. The molecule has 1 aromatic carbocycles. The molecule has 1 saturated heterocycles. The predicted octanol–water partition coefficient (Wildman–Crippen LogP) is 2.52. The normalized spacial score (nSPS) is 27.7. The van der Waals surface area contributed by atoms with Crippen molar-refractivity contribution in [2.75, 3.05) is 20.1 Å². The number of aryl methyl sites for hydroxylation is 2.